The van der Waals surface area contributed by atoms with Crippen LogP contribution in [0.4, 0.5) is 5.69 Å². The van der Waals surface area contributed by atoms with Gasteiger partial charge in [0, 0.05) is 68.3 Å². The molecule has 1 fully saturated rings. The molecule has 0 saturated carbocycles. The minimum absolute atomic E-state index is 0.136. The SMILES string of the molecule is Cc1cc2cc(C(=O)/C(C#N)=C/N(C)C)n(SI)c2cc1N1CCCS1. The monoisotopic (exact) mass is 498 g/mol. The van der Waals surface area contributed by atoms with Crippen LogP contribution in [0.1, 0.15) is 22.5 Å². The molecule has 136 valence electrons. The quantitative estimate of drug-likeness (QED) is 0.194. The third-order valence-corrected chi connectivity index (χ3v) is 7.03. The van der Waals surface area contributed by atoms with Crippen molar-refractivity contribution in [1.82, 2.24) is 8.87 Å². The van der Waals surface area contributed by atoms with Crippen molar-refractivity contribution in [2.45, 2.75) is 13.3 Å². The summed E-state index contributed by atoms with van der Waals surface area (Å²) in [5.74, 6) is 0.890. The average molecular weight is 498 g/mol. The lowest BCUT2D eigenvalue weighted by molar-refractivity contribution is 0.103. The normalized spacial score (nSPS) is 14.7. The van der Waals surface area contributed by atoms with E-state index in [1.807, 2.05) is 28.1 Å². The van der Waals surface area contributed by atoms with E-state index in [1.165, 1.54) is 26.8 Å². The van der Waals surface area contributed by atoms with E-state index in [4.69, 9.17) is 0 Å². The molecule has 2 aromatic rings. The summed E-state index contributed by atoms with van der Waals surface area (Å²) in [5, 5.41) is 10.4. The maximum Gasteiger partial charge on any atom is 0.222 e. The number of allylic oxidation sites excluding steroid dienone is 1. The van der Waals surface area contributed by atoms with Crippen molar-refractivity contribution in [1.29, 1.82) is 5.26 Å². The van der Waals surface area contributed by atoms with Crippen molar-refractivity contribution in [3.05, 3.63) is 41.2 Å². The van der Waals surface area contributed by atoms with Gasteiger partial charge in [-0.25, -0.2) is 0 Å². The average Bonchev–Trinajstić information content (AvgIpc) is 3.25. The molecule has 0 radical (unpaired) electrons. The number of hydrogen-bond acceptors (Lipinski definition) is 6. The van der Waals surface area contributed by atoms with E-state index in [0.717, 1.165) is 23.2 Å². The molecule has 2 heterocycles. The van der Waals surface area contributed by atoms with Gasteiger partial charge in [-0.3, -0.25) is 8.77 Å². The Hall–Kier alpha value is -1.31. The van der Waals surface area contributed by atoms with Crippen LogP contribution in [0.5, 0.6) is 0 Å². The molecule has 1 saturated heterocycles. The lowest BCUT2D eigenvalue weighted by atomic mass is 10.1. The zero-order chi connectivity index (χ0) is 18.8. The van der Waals surface area contributed by atoms with Crippen LogP contribution in [0.3, 0.4) is 0 Å². The highest BCUT2D eigenvalue weighted by atomic mass is 127. The highest BCUT2D eigenvalue weighted by Crippen LogP contribution is 2.37. The van der Waals surface area contributed by atoms with Gasteiger partial charge < -0.3 is 9.21 Å². The van der Waals surface area contributed by atoms with Gasteiger partial charge in [0.25, 0.3) is 0 Å². The van der Waals surface area contributed by atoms with Crippen molar-refractivity contribution < 1.29 is 4.79 Å². The first-order valence-electron chi connectivity index (χ1n) is 8.15. The van der Waals surface area contributed by atoms with E-state index < -0.39 is 0 Å². The smallest absolute Gasteiger partial charge is 0.222 e. The number of nitriles is 1. The van der Waals surface area contributed by atoms with Crippen molar-refractivity contribution >= 4 is 64.6 Å². The third-order valence-electron chi connectivity index (χ3n) is 4.15. The van der Waals surface area contributed by atoms with E-state index >= 15 is 0 Å². The van der Waals surface area contributed by atoms with E-state index in [2.05, 4.69) is 44.6 Å². The molecular weight excluding hydrogens is 479 g/mol. The molecule has 0 bridgehead atoms. The summed E-state index contributed by atoms with van der Waals surface area (Å²) in [6.07, 6.45) is 2.76. The van der Waals surface area contributed by atoms with Crippen LogP contribution in [-0.2, 0) is 0 Å². The van der Waals surface area contributed by atoms with Crippen molar-refractivity contribution in [3.8, 4) is 6.07 Å². The maximum absolute atomic E-state index is 12.9. The Balaban J connectivity index is 2.13. The maximum atomic E-state index is 12.9. The number of Topliss-reactive ketones (excluding diaryl/α,β-unsaturated/α-hetero) is 1. The highest BCUT2D eigenvalue weighted by molar-refractivity contribution is 14.2. The lowest BCUT2D eigenvalue weighted by Gasteiger charge is -2.19. The Labute approximate surface area is 174 Å². The van der Waals surface area contributed by atoms with E-state index in [9.17, 15) is 10.1 Å². The number of benzene rings is 1. The Kier molecular flexibility index (Phi) is 6.10. The number of carbonyl (C=O) groups excluding carboxylic acids is 1. The Morgan fingerprint density at radius 1 is 1.42 bits per heavy atom. The zero-order valence-corrected chi connectivity index (χ0v) is 18.6. The molecule has 0 amide bonds. The predicted octanol–water partition coefficient (Wildman–Crippen LogP) is 4.81. The molecule has 26 heavy (non-hydrogen) atoms. The van der Waals surface area contributed by atoms with Crippen LogP contribution in [0.15, 0.2) is 30.0 Å². The predicted molar refractivity (Wildman–Crippen MR) is 120 cm³/mol. The summed E-state index contributed by atoms with van der Waals surface area (Å²) < 4.78 is 4.25. The Bertz CT molecular complexity index is 923. The summed E-state index contributed by atoms with van der Waals surface area (Å²) in [4.78, 5) is 14.6. The number of aryl methyl sites for hydroxylation is 1. The van der Waals surface area contributed by atoms with Gasteiger partial charge >= 0.3 is 0 Å². The Morgan fingerprint density at radius 3 is 2.77 bits per heavy atom. The number of aromatic nitrogens is 1. The molecule has 0 aliphatic carbocycles. The largest absolute Gasteiger partial charge is 0.382 e. The highest BCUT2D eigenvalue weighted by Gasteiger charge is 2.22. The second-order valence-corrected chi connectivity index (χ2v) is 9.12. The molecule has 0 spiro atoms. The number of hydrogen-bond donors (Lipinski definition) is 0. The Morgan fingerprint density at radius 2 is 2.19 bits per heavy atom. The first-order valence-corrected chi connectivity index (χ1v) is 12.4. The van der Waals surface area contributed by atoms with Crippen molar-refractivity contribution in [2.24, 2.45) is 0 Å². The van der Waals surface area contributed by atoms with Gasteiger partial charge in [-0.2, -0.15) is 5.26 Å². The number of rotatable bonds is 5. The van der Waals surface area contributed by atoms with Crippen LogP contribution >= 0.6 is 42.3 Å². The van der Waals surface area contributed by atoms with Gasteiger partial charge in [-0.05, 0) is 49.1 Å². The van der Waals surface area contributed by atoms with Crippen molar-refractivity contribution in [2.75, 3.05) is 30.7 Å². The molecule has 0 unspecified atom stereocenters. The number of ketones is 1. The molecule has 0 atom stereocenters. The van der Waals surface area contributed by atoms with E-state index in [1.54, 1.807) is 25.2 Å². The fraction of sp³-hybridized carbons (Fsp3) is 0.333. The first kappa shape index (κ1) is 19.5. The molecule has 1 aliphatic rings. The second-order valence-electron chi connectivity index (χ2n) is 6.33. The molecule has 1 aliphatic heterocycles. The summed E-state index contributed by atoms with van der Waals surface area (Å²) >= 11 is 4.03. The van der Waals surface area contributed by atoms with Gasteiger partial charge in [0.2, 0.25) is 5.78 Å². The number of carbonyl (C=O) groups is 1. The number of nitrogens with zero attached hydrogens (tertiary/aromatic N) is 4. The minimum atomic E-state index is -0.253. The van der Waals surface area contributed by atoms with Crippen LogP contribution in [0.25, 0.3) is 10.9 Å². The van der Waals surface area contributed by atoms with Crippen LogP contribution in [0, 0.1) is 18.3 Å². The van der Waals surface area contributed by atoms with Crippen LogP contribution in [0.2, 0.25) is 0 Å². The lowest BCUT2D eigenvalue weighted by Crippen LogP contribution is -2.11. The van der Waals surface area contributed by atoms with E-state index in [-0.39, 0.29) is 11.4 Å². The van der Waals surface area contributed by atoms with Crippen LogP contribution < -0.4 is 4.31 Å². The topological polar surface area (TPSA) is 52.3 Å². The van der Waals surface area contributed by atoms with E-state index in [0.29, 0.717) is 5.69 Å². The fourth-order valence-corrected chi connectivity index (χ4v) is 5.80. The molecule has 1 aromatic heterocycles. The molecule has 5 nitrogen and oxygen atoms in total. The zero-order valence-electron chi connectivity index (χ0n) is 14.8. The first-order chi connectivity index (χ1) is 12.5. The molecule has 0 N–H and O–H groups in total. The second kappa shape index (κ2) is 8.15. The van der Waals surface area contributed by atoms with Gasteiger partial charge in [-0.15, -0.1) is 0 Å². The third kappa shape index (κ3) is 3.70. The number of anilines is 1. The van der Waals surface area contributed by atoms with Gasteiger partial charge in [-0.1, -0.05) is 0 Å². The van der Waals surface area contributed by atoms with Crippen LogP contribution in [-0.4, -0.2) is 41.0 Å². The van der Waals surface area contributed by atoms with Gasteiger partial charge in [0.1, 0.15) is 17.3 Å². The number of fused-ring (bicyclic) bond motifs is 1. The molecule has 3 rings (SSSR count). The summed E-state index contributed by atoms with van der Waals surface area (Å²) in [6.45, 7) is 3.15. The molecular formula is C18H19IN4OS2. The summed E-state index contributed by atoms with van der Waals surface area (Å²) in [5.41, 5.74) is 4.07. The standard InChI is InChI=1S/C18H19IN4OS2/c1-12-7-13-8-17(18(24)14(10-20)11-21(2)3)23(26-19)16(13)9-15(12)22-5-4-6-25-22/h7-9,11H,4-6H2,1-3H3/b14-11+. The molecule has 8 heteroatoms. The van der Waals surface area contributed by atoms with Gasteiger partial charge in [0.05, 0.1) is 11.2 Å². The molecule has 1 aromatic carbocycles. The number of halogens is 1. The minimum Gasteiger partial charge on any atom is -0.382 e. The summed E-state index contributed by atoms with van der Waals surface area (Å²) in [7, 11) is 5.06. The van der Waals surface area contributed by atoms with Gasteiger partial charge in [0.15, 0.2) is 0 Å². The fourth-order valence-electron chi connectivity index (χ4n) is 3.01. The summed E-state index contributed by atoms with van der Waals surface area (Å²) in [6, 6.07) is 8.21. The van der Waals surface area contributed by atoms with Crippen molar-refractivity contribution in [3.63, 3.8) is 0 Å².